The van der Waals surface area contributed by atoms with Crippen LogP contribution in [0.1, 0.15) is 0 Å². The molecule has 0 spiro atoms. The molecule has 0 aliphatic carbocycles. The highest BCUT2D eigenvalue weighted by Gasteiger charge is 2.19. The highest BCUT2D eigenvalue weighted by molar-refractivity contribution is 6.17. The molecule has 0 atom stereocenters. The fourth-order valence-corrected chi connectivity index (χ4v) is 4.00. The summed E-state index contributed by atoms with van der Waals surface area (Å²) in [6.07, 6.45) is 1.98. The molecule has 3 nitrogen and oxygen atoms in total. The molecule has 0 bridgehead atoms. The van der Waals surface area contributed by atoms with Gasteiger partial charge in [-0.25, -0.2) is 0 Å². The quantitative estimate of drug-likeness (QED) is 0.384. The van der Waals surface area contributed by atoms with E-state index in [-0.39, 0.29) is 0 Å². The molecule has 0 saturated heterocycles. The Labute approximate surface area is 163 Å². The minimum Gasteiger partial charge on any atom is -0.364 e. The third-order valence-corrected chi connectivity index (χ3v) is 5.18. The van der Waals surface area contributed by atoms with E-state index in [9.17, 15) is 0 Å². The predicted octanol–water partition coefficient (Wildman–Crippen LogP) is 6.13. The normalized spacial score (nSPS) is 11.3. The first kappa shape index (κ1) is 16.7. The highest BCUT2D eigenvalue weighted by Crippen LogP contribution is 2.41. The molecule has 2 aromatic heterocycles. The maximum Gasteiger partial charge on any atom is 0.123 e. The molecule has 0 unspecified atom stereocenters. The average Bonchev–Trinajstić information content (AvgIpc) is 3.09. The first-order chi connectivity index (χ1) is 13.9. The Balaban J connectivity index is 1.97. The number of rotatable bonds is 4. The summed E-state index contributed by atoms with van der Waals surface area (Å²) >= 11 is 0. The third-order valence-electron chi connectivity index (χ3n) is 5.18. The Morgan fingerprint density at radius 1 is 0.750 bits per heavy atom. The minimum absolute atomic E-state index is 0.491. The SMILES string of the molecule is COCn1c2ccccc2c2c(-c3ccccc3)c(-c3ccccc3)ncc21. The number of methoxy groups -OCH3 is 1. The number of para-hydroxylation sites is 1. The second-order valence-electron chi connectivity index (χ2n) is 6.84. The van der Waals surface area contributed by atoms with Gasteiger partial charge in [0, 0.05) is 29.0 Å². The minimum atomic E-state index is 0.491. The summed E-state index contributed by atoms with van der Waals surface area (Å²) in [5, 5.41) is 2.43. The van der Waals surface area contributed by atoms with E-state index in [0.717, 1.165) is 27.9 Å². The summed E-state index contributed by atoms with van der Waals surface area (Å²) in [4.78, 5) is 4.92. The van der Waals surface area contributed by atoms with Gasteiger partial charge in [-0.1, -0.05) is 78.9 Å². The van der Waals surface area contributed by atoms with Crippen LogP contribution in [0.5, 0.6) is 0 Å². The van der Waals surface area contributed by atoms with Gasteiger partial charge in [-0.15, -0.1) is 0 Å². The van der Waals surface area contributed by atoms with Crippen LogP contribution in [0.4, 0.5) is 0 Å². The van der Waals surface area contributed by atoms with Crippen LogP contribution in [0.3, 0.4) is 0 Å². The van der Waals surface area contributed by atoms with Gasteiger partial charge >= 0.3 is 0 Å². The molecule has 0 fully saturated rings. The second-order valence-corrected chi connectivity index (χ2v) is 6.84. The zero-order valence-corrected chi connectivity index (χ0v) is 15.7. The summed E-state index contributed by atoms with van der Waals surface area (Å²) in [6, 6.07) is 29.4. The van der Waals surface area contributed by atoms with Crippen LogP contribution < -0.4 is 0 Å². The van der Waals surface area contributed by atoms with Crippen molar-refractivity contribution in [2.45, 2.75) is 6.73 Å². The van der Waals surface area contributed by atoms with Crippen molar-refractivity contribution in [1.82, 2.24) is 9.55 Å². The molecule has 3 aromatic carbocycles. The number of hydrogen-bond acceptors (Lipinski definition) is 2. The second kappa shape index (κ2) is 6.95. The number of benzene rings is 3. The van der Waals surface area contributed by atoms with Gasteiger partial charge in [0.25, 0.3) is 0 Å². The number of aromatic nitrogens is 2. The summed E-state index contributed by atoms with van der Waals surface area (Å²) < 4.78 is 7.69. The van der Waals surface area contributed by atoms with E-state index in [1.165, 1.54) is 16.3 Å². The summed E-state index contributed by atoms with van der Waals surface area (Å²) in [5.41, 5.74) is 6.69. The molecule has 3 heteroatoms. The van der Waals surface area contributed by atoms with E-state index in [1.807, 2.05) is 18.3 Å². The molecule has 0 saturated carbocycles. The lowest BCUT2D eigenvalue weighted by Crippen LogP contribution is -2.00. The van der Waals surface area contributed by atoms with E-state index in [2.05, 4.69) is 77.4 Å². The van der Waals surface area contributed by atoms with Crippen LogP contribution in [0, 0.1) is 0 Å². The van der Waals surface area contributed by atoms with Crippen molar-refractivity contribution in [2.75, 3.05) is 7.11 Å². The number of ether oxygens (including phenoxy) is 1. The number of nitrogens with zero attached hydrogens (tertiary/aromatic N) is 2. The Bertz CT molecular complexity index is 1260. The van der Waals surface area contributed by atoms with Crippen molar-refractivity contribution in [1.29, 1.82) is 0 Å². The molecule has 5 aromatic rings. The molecular weight excluding hydrogens is 344 g/mol. The van der Waals surface area contributed by atoms with Crippen LogP contribution >= 0.6 is 0 Å². The predicted molar refractivity (Wildman–Crippen MR) is 115 cm³/mol. The van der Waals surface area contributed by atoms with E-state index >= 15 is 0 Å². The van der Waals surface area contributed by atoms with Crippen molar-refractivity contribution in [2.24, 2.45) is 0 Å². The molecular formula is C25H20N2O. The van der Waals surface area contributed by atoms with Gasteiger partial charge < -0.3 is 9.30 Å². The Morgan fingerprint density at radius 2 is 1.39 bits per heavy atom. The maximum absolute atomic E-state index is 5.50. The van der Waals surface area contributed by atoms with Crippen molar-refractivity contribution in [3.8, 4) is 22.4 Å². The number of fused-ring (bicyclic) bond motifs is 3. The van der Waals surface area contributed by atoms with E-state index in [4.69, 9.17) is 9.72 Å². The zero-order chi connectivity index (χ0) is 18.9. The van der Waals surface area contributed by atoms with Gasteiger partial charge in [0.15, 0.2) is 0 Å². The molecule has 0 N–H and O–H groups in total. The standard InChI is InChI=1S/C25H20N2O/c1-28-17-27-21-15-9-8-14-20(21)24-22(27)16-26-25(19-12-6-3-7-13-19)23(24)18-10-4-2-5-11-18/h2-16H,17H2,1H3. The first-order valence-corrected chi connectivity index (χ1v) is 9.38. The molecule has 136 valence electrons. The Hall–Kier alpha value is -3.43. The average molecular weight is 364 g/mol. The molecule has 5 rings (SSSR count). The zero-order valence-electron chi connectivity index (χ0n) is 15.7. The van der Waals surface area contributed by atoms with Crippen LogP contribution in [-0.2, 0) is 11.5 Å². The van der Waals surface area contributed by atoms with Gasteiger partial charge in [0.2, 0.25) is 0 Å². The molecule has 0 amide bonds. The van der Waals surface area contributed by atoms with Gasteiger partial charge in [-0.3, -0.25) is 4.98 Å². The molecule has 0 radical (unpaired) electrons. The van der Waals surface area contributed by atoms with Crippen LogP contribution in [-0.4, -0.2) is 16.7 Å². The largest absolute Gasteiger partial charge is 0.364 e. The fraction of sp³-hybridized carbons (Fsp3) is 0.0800. The third kappa shape index (κ3) is 2.60. The summed E-state index contributed by atoms with van der Waals surface area (Å²) in [7, 11) is 1.73. The maximum atomic E-state index is 5.50. The summed E-state index contributed by atoms with van der Waals surface area (Å²) in [5.74, 6) is 0. The number of pyridine rings is 1. The summed E-state index contributed by atoms with van der Waals surface area (Å²) in [6.45, 7) is 0.491. The molecule has 2 heterocycles. The van der Waals surface area contributed by atoms with Gasteiger partial charge in [0.1, 0.15) is 6.73 Å². The lowest BCUT2D eigenvalue weighted by Gasteiger charge is -2.12. The monoisotopic (exact) mass is 364 g/mol. The topological polar surface area (TPSA) is 27.1 Å². The van der Waals surface area contributed by atoms with Crippen LogP contribution in [0.2, 0.25) is 0 Å². The number of hydrogen-bond donors (Lipinski definition) is 0. The van der Waals surface area contributed by atoms with Crippen molar-refractivity contribution in [3.05, 3.63) is 91.1 Å². The van der Waals surface area contributed by atoms with E-state index in [0.29, 0.717) is 6.73 Å². The lowest BCUT2D eigenvalue weighted by molar-refractivity contribution is 0.138. The first-order valence-electron chi connectivity index (χ1n) is 9.38. The van der Waals surface area contributed by atoms with Gasteiger partial charge in [0.05, 0.1) is 22.9 Å². The van der Waals surface area contributed by atoms with Crippen molar-refractivity contribution < 1.29 is 4.74 Å². The van der Waals surface area contributed by atoms with Gasteiger partial charge in [-0.05, 0) is 11.6 Å². The van der Waals surface area contributed by atoms with Crippen LogP contribution in [0.25, 0.3) is 44.2 Å². The molecule has 0 aliphatic heterocycles. The fourth-order valence-electron chi connectivity index (χ4n) is 4.00. The van der Waals surface area contributed by atoms with E-state index in [1.54, 1.807) is 7.11 Å². The Kier molecular flexibility index (Phi) is 4.15. The van der Waals surface area contributed by atoms with Gasteiger partial charge in [-0.2, -0.15) is 0 Å². The highest BCUT2D eigenvalue weighted by atomic mass is 16.5. The lowest BCUT2D eigenvalue weighted by atomic mass is 9.95. The molecule has 28 heavy (non-hydrogen) atoms. The smallest absolute Gasteiger partial charge is 0.123 e. The van der Waals surface area contributed by atoms with E-state index < -0.39 is 0 Å². The van der Waals surface area contributed by atoms with Crippen molar-refractivity contribution >= 4 is 21.8 Å². The van der Waals surface area contributed by atoms with Crippen LogP contribution in [0.15, 0.2) is 91.1 Å². The van der Waals surface area contributed by atoms with Crippen molar-refractivity contribution in [3.63, 3.8) is 0 Å². The Morgan fingerprint density at radius 3 is 2.11 bits per heavy atom. The molecule has 0 aliphatic rings.